The van der Waals surface area contributed by atoms with Crippen LogP contribution < -0.4 is 5.32 Å². The highest BCUT2D eigenvalue weighted by molar-refractivity contribution is 5.80. The van der Waals surface area contributed by atoms with Crippen LogP contribution in [0.4, 0.5) is 4.79 Å². The summed E-state index contributed by atoms with van der Waals surface area (Å²) in [4.78, 5) is 24.3. The summed E-state index contributed by atoms with van der Waals surface area (Å²) >= 11 is 0. The Bertz CT molecular complexity index is 329. The van der Waals surface area contributed by atoms with E-state index in [4.69, 9.17) is 5.11 Å². The molecule has 110 valence electrons. The summed E-state index contributed by atoms with van der Waals surface area (Å²) in [6, 6.07) is -0.105. The first-order valence-electron chi connectivity index (χ1n) is 7.14. The second-order valence-corrected chi connectivity index (χ2v) is 6.05. The Hall–Kier alpha value is -1.26. The van der Waals surface area contributed by atoms with Crippen molar-refractivity contribution in [1.29, 1.82) is 0 Å². The Morgan fingerprint density at radius 3 is 2.58 bits per heavy atom. The van der Waals surface area contributed by atoms with E-state index in [-0.39, 0.29) is 24.0 Å². The zero-order chi connectivity index (χ0) is 14.5. The minimum absolute atomic E-state index is 0.0923. The molecule has 0 aromatic rings. The van der Waals surface area contributed by atoms with Crippen molar-refractivity contribution in [3.05, 3.63) is 0 Å². The number of carboxylic acids is 1. The Kier molecular flexibility index (Phi) is 5.63. The lowest BCUT2D eigenvalue weighted by atomic mass is 9.73. The lowest BCUT2D eigenvalue weighted by molar-refractivity contribution is -0.137. The SMILES string of the molecule is CCCN(CC(=O)O)C(=O)NC1CCCCC1(C)C. The Balaban J connectivity index is 2.61. The summed E-state index contributed by atoms with van der Waals surface area (Å²) < 4.78 is 0. The van der Waals surface area contributed by atoms with E-state index in [0.29, 0.717) is 6.54 Å². The maximum absolute atomic E-state index is 12.2. The molecule has 0 aromatic heterocycles. The molecular weight excluding hydrogens is 244 g/mol. The summed E-state index contributed by atoms with van der Waals surface area (Å²) in [6.45, 7) is 6.52. The van der Waals surface area contributed by atoms with Gasteiger partial charge in [0.2, 0.25) is 0 Å². The first-order chi connectivity index (χ1) is 8.86. The first-order valence-corrected chi connectivity index (χ1v) is 7.14. The Labute approximate surface area is 115 Å². The molecule has 1 fully saturated rings. The number of carbonyl (C=O) groups is 2. The van der Waals surface area contributed by atoms with Gasteiger partial charge in [0.15, 0.2) is 0 Å². The van der Waals surface area contributed by atoms with E-state index in [1.54, 1.807) is 0 Å². The predicted molar refractivity (Wildman–Crippen MR) is 74.1 cm³/mol. The van der Waals surface area contributed by atoms with Crippen LogP contribution in [-0.4, -0.2) is 41.1 Å². The number of nitrogens with one attached hydrogen (secondary N) is 1. The molecule has 0 heterocycles. The van der Waals surface area contributed by atoms with Gasteiger partial charge < -0.3 is 15.3 Å². The second-order valence-electron chi connectivity index (χ2n) is 6.05. The molecule has 1 aliphatic rings. The molecule has 0 saturated heterocycles. The number of carboxylic acid groups (broad SMARTS) is 1. The second kappa shape index (κ2) is 6.78. The molecule has 1 atom stereocenters. The van der Waals surface area contributed by atoms with Gasteiger partial charge in [-0.15, -0.1) is 0 Å². The lowest BCUT2D eigenvalue weighted by Crippen LogP contribution is -2.52. The molecule has 5 nitrogen and oxygen atoms in total. The van der Waals surface area contributed by atoms with Gasteiger partial charge in [0, 0.05) is 12.6 Å². The Morgan fingerprint density at radius 1 is 1.37 bits per heavy atom. The molecule has 2 N–H and O–H groups in total. The van der Waals surface area contributed by atoms with Gasteiger partial charge in [-0.05, 0) is 24.7 Å². The van der Waals surface area contributed by atoms with Crippen molar-refractivity contribution < 1.29 is 14.7 Å². The monoisotopic (exact) mass is 270 g/mol. The third-order valence-corrected chi connectivity index (χ3v) is 3.91. The molecule has 0 radical (unpaired) electrons. The van der Waals surface area contributed by atoms with E-state index in [1.807, 2.05) is 6.92 Å². The van der Waals surface area contributed by atoms with Crippen molar-refractivity contribution in [3.8, 4) is 0 Å². The fraction of sp³-hybridized carbons (Fsp3) is 0.857. The molecule has 1 rings (SSSR count). The van der Waals surface area contributed by atoms with Gasteiger partial charge in [-0.2, -0.15) is 0 Å². The van der Waals surface area contributed by atoms with Crippen LogP contribution in [0.3, 0.4) is 0 Å². The summed E-state index contributed by atoms with van der Waals surface area (Å²) in [5, 5.41) is 11.9. The van der Waals surface area contributed by atoms with Crippen molar-refractivity contribution in [2.75, 3.05) is 13.1 Å². The summed E-state index contributed by atoms with van der Waals surface area (Å²) in [7, 11) is 0. The van der Waals surface area contributed by atoms with Gasteiger partial charge in [0.25, 0.3) is 0 Å². The molecule has 2 amide bonds. The van der Waals surface area contributed by atoms with Gasteiger partial charge in [0.05, 0.1) is 0 Å². The number of urea groups is 1. The average molecular weight is 270 g/mol. The fourth-order valence-electron chi connectivity index (χ4n) is 2.69. The van der Waals surface area contributed by atoms with Gasteiger partial charge in [-0.1, -0.05) is 33.6 Å². The van der Waals surface area contributed by atoms with E-state index >= 15 is 0 Å². The summed E-state index contributed by atoms with van der Waals surface area (Å²) in [5.74, 6) is -0.966. The van der Waals surface area contributed by atoms with Gasteiger partial charge in [0.1, 0.15) is 6.54 Å². The normalized spacial score (nSPS) is 21.7. The molecule has 1 unspecified atom stereocenters. The van der Waals surface area contributed by atoms with Crippen LogP contribution in [0.2, 0.25) is 0 Å². The number of hydrogen-bond donors (Lipinski definition) is 2. The molecule has 5 heteroatoms. The van der Waals surface area contributed by atoms with Crippen LogP contribution in [0, 0.1) is 5.41 Å². The Morgan fingerprint density at radius 2 is 2.05 bits per heavy atom. The number of rotatable bonds is 5. The number of hydrogen-bond acceptors (Lipinski definition) is 2. The lowest BCUT2D eigenvalue weighted by Gasteiger charge is -2.39. The van der Waals surface area contributed by atoms with E-state index in [1.165, 1.54) is 11.3 Å². The molecule has 19 heavy (non-hydrogen) atoms. The highest BCUT2D eigenvalue weighted by Crippen LogP contribution is 2.35. The number of nitrogens with zero attached hydrogens (tertiary/aromatic N) is 1. The quantitative estimate of drug-likeness (QED) is 0.806. The largest absolute Gasteiger partial charge is 0.480 e. The minimum atomic E-state index is -0.966. The minimum Gasteiger partial charge on any atom is -0.480 e. The van der Waals surface area contributed by atoms with E-state index < -0.39 is 5.97 Å². The van der Waals surface area contributed by atoms with Crippen molar-refractivity contribution in [3.63, 3.8) is 0 Å². The highest BCUT2D eigenvalue weighted by Gasteiger charge is 2.34. The van der Waals surface area contributed by atoms with Crippen LogP contribution in [0.1, 0.15) is 52.9 Å². The van der Waals surface area contributed by atoms with Crippen molar-refractivity contribution >= 4 is 12.0 Å². The van der Waals surface area contributed by atoms with Crippen LogP contribution in [0.25, 0.3) is 0 Å². The third kappa shape index (κ3) is 4.73. The standard InChI is InChI=1S/C14H26N2O3/c1-4-9-16(10-12(17)18)13(19)15-11-7-5-6-8-14(11,2)3/h11H,4-10H2,1-3H3,(H,15,19)(H,17,18). The maximum Gasteiger partial charge on any atom is 0.323 e. The predicted octanol–water partition coefficient (Wildman–Crippen LogP) is 2.46. The first kappa shape index (κ1) is 15.8. The summed E-state index contributed by atoms with van der Waals surface area (Å²) in [6.07, 6.45) is 5.17. The van der Waals surface area contributed by atoms with E-state index in [9.17, 15) is 9.59 Å². The van der Waals surface area contributed by atoms with Gasteiger partial charge in [-0.3, -0.25) is 4.79 Å². The van der Waals surface area contributed by atoms with E-state index in [0.717, 1.165) is 25.7 Å². The highest BCUT2D eigenvalue weighted by atomic mass is 16.4. The molecule has 0 aliphatic heterocycles. The van der Waals surface area contributed by atoms with Crippen LogP contribution in [0.5, 0.6) is 0 Å². The van der Waals surface area contributed by atoms with Gasteiger partial charge >= 0.3 is 12.0 Å². The number of amides is 2. The average Bonchev–Trinajstić information content (AvgIpc) is 2.30. The molecule has 0 bridgehead atoms. The van der Waals surface area contributed by atoms with Crippen molar-refractivity contribution in [1.82, 2.24) is 10.2 Å². The third-order valence-electron chi connectivity index (χ3n) is 3.91. The molecular formula is C14H26N2O3. The topological polar surface area (TPSA) is 69.6 Å². The smallest absolute Gasteiger partial charge is 0.323 e. The van der Waals surface area contributed by atoms with Crippen LogP contribution in [-0.2, 0) is 4.79 Å². The van der Waals surface area contributed by atoms with E-state index in [2.05, 4.69) is 19.2 Å². The molecule has 1 saturated carbocycles. The van der Waals surface area contributed by atoms with Crippen LogP contribution >= 0.6 is 0 Å². The maximum atomic E-state index is 12.2. The fourth-order valence-corrected chi connectivity index (χ4v) is 2.69. The molecule has 1 aliphatic carbocycles. The number of carbonyl (C=O) groups excluding carboxylic acids is 1. The number of aliphatic carboxylic acids is 1. The van der Waals surface area contributed by atoms with Crippen molar-refractivity contribution in [2.24, 2.45) is 5.41 Å². The van der Waals surface area contributed by atoms with Crippen molar-refractivity contribution in [2.45, 2.75) is 58.9 Å². The zero-order valence-corrected chi connectivity index (χ0v) is 12.2. The molecule has 0 aromatic carbocycles. The summed E-state index contributed by atoms with van der Waals surface area (Å²) in [5.41, 5.74) is 0.0923. The van der Waals surface area contributed by atoms with Crippen LogP contribution in [0.15, 0.2) is 0 Å². The van der Waals surface area contributed by atoms with Gasteiger partial charge in [-0.25, -0.2) is 4.79 Å². The zero-order valence-electron chi connectivity index (χ0n) is 12.2. The molecule has 0 spiro atoms.